The SMILES string of the molecule is C=C.CC(=O)[C@H]1C(O)C[C@H]2[C@@H]3CCC4=CC(=O)CC[C@]4(C)[C@H]3CC[C@]12C. The fourth-order valence-corrected chi connectivity index (χ4v) is 7.31. The molecule has 4 rings (SSSR count). The van der Waals surface area contributed by atoms with E-state index < -0.39 is 6.10 Å². The molecule has 0 aromatic rings. The summed E-state index contributed by atoms with van der Waals surface area (Å²) in [5.41, 5.74) is 1.51. The molecule has 0 aromatic carbocycles. The Bertz CT molecular complexity index is 635. The second-order valence-electron chi connectivity index (χ2n) is 9.40. The molecule has 26 heavy (non-hydrogen) atoms. The first-order chi connectivity index (χ1) is 12.3. The van der Waals surface area contributed by atoms with Gasteiger partial charge in [0.2, 0.25) is 0 Å². The molecule has 0 spiro atoms. The van der Waals surface area contributed by atoms with E-state index in [4.69, 9.17) is 0 Å². The lowest BCUT2D eigenvalue weighted by Crippen LogP contribution is -2.51. The third kappa shape index (κ3) is 2.66. The van der Waals surface area contributed by atoms with Crippen molar-refractivity contribution in [2.45, 2.75) is 71.8 Å². The van der Waals surface area contributed by atoms with Gasteiger partial charge < -0.3 is 5.11 Å². The molecule has 3 nitrogen and oxygen atoms in total. The molecule has 0 aliphatic heterocycles. The first-order valence-corrected chi connectivity index (χ1v) is 10.2. The van der Waals surface area contributed by atoms with Crippen molar-refractivity contribution >= 4 is 11.6 Å². The summed E-state index contributed by atoms with van der Waals surface area (Å²) in [6.45, 7) is 12.3. The molecule has 1 unspecified atom stereocenters. The third-order valence-corrected chi connectivity index (χ3v) is 8.43. The van der Waals surface area contributed by atoms with Gasteiger partial charge >= 0.3 is 0 Å². The molecule has 3 heteroatoms. The average Bonchev–Trinajstić information content (AvgIpc) is 2.87. The highest BCUT2D eigenvalue weighted by Crippen LogP contribution is 2.66. The number of fused-ring (bicyclic) bond motifs is 5. The number of aliphatic hydroxyl groups excluding tert-OH is 1. The molecular weight excluding hydrogens is 324 g/mol. The maximum Gasteiger partial charge on any atom is 0.155 e. The van der Waals surface area contributed by atoms with Crippen molar-refractivity contribution in [2.75, 3.05) is 0 Å². The van der Waals surface area contributed by atoms with E-state index >= 15 is 0 Å². The molecule has 0 amide bonds. The van der Waals surface area contributed by atoms with E-state index in [1.165, 1.54) is 5.57 Å². The van der Waals surface area contributed by atoms with Gasteiger partial charge in [-0.2, -0.15) is 0 Å². The Morgan fingerprint density at radius 2 is 1.85 bits per heavy atom. The zero-order chi connectivity index (χ0) is 19.3. The fourth-order valence-electron chi connectivity index (χ4n) is 7.31. The molecular formula is C23H34O3. The highest BCUT2D eigenvalue weighted by atomic mass is 16.3. The number of rotatable bonds is 1. The Morgan fingerprint density at radius 3 is 2.50 bits per heavy atom. The lowest BCUT2D eigenvalue weighted by Gasteiger charge is -2.57. The summed E-state index contributed by atoms with van der Waals surface area (Å²) < 4.78 is 0. The predicted octanol–water partition coefficient (Wildman–Crippen LogP) is 4.50. The van der Waals surface area contributed by atoms with Crippen LogP contribution in [-0.4, -0.2) is 22.8 Å². The molecule has 4 aliphatic carbocycles. The highest BCUT2D eigenvalue weighted by molar-refractivity contribution is 5.91. The van der Waals surface area contributed by atoms with Crippen molar-refractivity contribution in [1.29, 1.82) is 0 Å². The number of ketones is 2. The van der Waals surface area contributed by atoms with Gasteiger partial charge in [0.25, 0.3) is 0 Å². The summed E-state index contributed by atoms with van der Waals surface area (Å²) >= 11 is 0. The Labute approximate surface area is 157 Å². The van der Waals surface area contributed by atoms with Crippen molar-refractivity contribution in [3.8, 4) is 0 Å². The first-order valence-electron chi connectivity index (χ1n) is 10.2. The number of allylic oxidation sites excluding steroid dienone is 1. The number of carbonyl (C=O) groups excluding carboxylic acids is 2. The number of aliphatic hydroxyl groups is 1. The van der Waals surface area contributed by atoms with E-state index in [0.29, 0.717) is 30.0 Å². The van der Waals surface area contributed by atoms with Crippen molar-refractivity contribution in [2.24, 2.45) is 34.5 Å². The van der Waals surface area contributed by atoms with Gasteiger partial charge in [-0.3, -0.25) is 9.59 Å². The molecule has 1 N–H and O–H groups in total. The molecule has 0 aromatic heterocycles. The number of hydrogen-bond acceptors (Lipinski definition) is 3. The molecule has 0 bridgehead atoms. The van der Waals surface area contributed by atoms with E-state index in [2.05, 4.69) is 27.0 Å². The summed E-state index contributed by atoms with van der Waals surface area (Å²) in [5, 5.41) is 10.6. The molecule has 4 aliphatic rings. The molecule has 3 saturated carbocycles. The van der Waals surface area contributed by atoms with Crippen LogP contribution in [-0.2, 0) is 9.59 Å². The summed E-state index contributed by atoms with van der Waals surface area (Å²) in [7, 11) is 0. The lowest BCUT2D eigenvalue weighted by atomic mass is 9.46. The van der Waals surface area contributed by atoms with Gasteiger partial charge in [-0.05, 0) is 80.1 Å². The van der Waals surface area contributed by atoms with E-state index in [0.717, 1.165) is 38.5 Å². The Kier molecular flexibility index (Phi) is 5.07. The first kappa shape index (κ1) is 19.5. The van der Waals surface area contributed by atoms with Gasteiger partial charge in [-0.25, -0.2) is 0 Å². The van der Waals surface area contributed by atoms with Crippen LogP contribution in [0.2, 0.25) is 0 Å². The van der Waals surface area contributed by atoms with Crippen molar-refractivity contribution in [3.63, 3.8) is 0 Å². The summed E-state index contributed by atoms with van der Waals surface area (Å²) in [4.78, 5) is 24.1. The largest absolute Gasteiger partial charge is 0.392 e. The minimum Gasteiger partial charge on any atom is -0.392 e. The predicted molar refractivity (Wildman–Crippen MR) is 104 cm³/mol. The number of carbonyl (C=O) groups is 2. The van der Waals surface area contributed by atoms with Gasteiger partial charge in [-0.15, -0.1) is 13.2 Å². The zero-order valence-corrected chi connectivity index (χ0v) is 16.6. The van der Waals surface area contributed by atoms with Gasteiger partial charge in [0.15, 0.2) is 5.78 Å². The quantitative estimate of drug-likeness (QED) is 0.702. The Hall–Kier alpha value is -1.22. The van der Waals surface area contributed by atoms with Crippen LogP contribution in [0.4, 0.5) is 0 Å². The van der Waals surface area contributed by atoms with Gasteiger partial charge in [-0.1, -0.05) is 19.4 Å². The monoisotopic (exact) mass is 358 g/mol. The van der Waals surface area contributed by atoms with Crippen LogP contribution in [0, 0.1) is 34.5 Å². The van der Waals surface area contributed by atoms with E-state index in [-0.39, 0.29) is 22.5 Å². The fraction of sp³-hybridized carbons (Fsp3) is 0.739. The summed E-state index contributed by atoms with van der Waals surface area (Å²) in [6, 6.07) is 0. The van der Waals surface area contributed by atoms with Crippen LogP contribution < -0.4 is 0 Å². The average molecular weight is 359 g/mol. The minimum absolute atomic E-state index is 0.0333. The van der Waals surface area contributed by atoms with Crippen LogP contribution in [0.5, 0.6) is 0 Å². The van der Waals surface area contributed by atoms with Crippen LogP contribution in [0.3, 0.4) is 0 Å². The molecule has 0 saturated heterocycles. The minimum atomic E-state index is -0.464. The standard InChI is InChI=1S/C21H30O3.C2H4/c1-12(22)19-18(24)11-17-15-5-4-13-10-14(23)6-8-20(13,2)16(15)7-9-21(17,19)3;1-2/h10,15-19,24H,4-9,11H2,1-3H3;1-2H2/t15-,16+,17+,18?,19+,20+,21+;/m1./s1. The van der Waals surface area contributed by atoms with E-state index in [1.54, 1.807) is 6.92 Å². The molecule has 144 valence electrons. The lowest BCUT2D eigenvalue weighted by molar-refractivity contribution is -0.131. The smallest absolute Gasteiger partial charge is 0.155 e. The maximum absolute atomic E-state index is 12.2. The maximum atomic E-state index is 12.2. The van der Waals surface area contributed by atoms with Crippen LogP contribution in [0.15, 0.2) is 24.8 Å². The topological polar surface area (TPSA) is 54.4 Å². The van der Waals surface area contributed by atoms with Crippen LogP contribution in [0.1, 0.15) is 65.7 Å². The molecule has 0 heterocycles. The number of Topliss-reactive ketones (excluding diaryl/α,β-unsaturated/α-hetero) is 1. The Balaban J connectivity index is 0.000000948. The van der Waals surface area contributed by atoms with E-state index in [1.807, 2.05) is 6.08 Å². The van der Waals surface area contributed by atoms with Crippen molar-refractivity contribution < 1.29 is 14.7 Å². The number of hydrogen-bond donors (Lipinski definition) is 1. The van der Waals surface area contributed by atoms with Gasteiger partial charge in [0.05, 0.1) is 6.10 Å². The van der Waals surface area contributed by atoms with Crippen molar-refractivity contribution in [1.82, 2.24) is 0 Å². The Morgan fingerprint density at radius 1 is 1.15 bits per heavy atom. The molecule has 7 atom stereocenters. The van der Waals surface area contributed by atoms with Crippen LogP contribution in [0.25, 0.3) is 0 Å². The zero-order valence-electron chi connectivity index (χ0n) is 16.6. The van der Waals surface area contributed by atoms with Gasteiger partial charge in [0, 0.05) is 12.3 Å². The van der Waals surface area contributed by atoms with E-state index in [9.17, 15) is 14.7 Å². The molecule has 0 radical (unpaired) electrons. The van der Waals surface area contributed by atoms with Crippen LogP contribution >= 0.6 is 0 Å². The highest BCUT2D eigenvalue weighted by Gasteiger charge is 2.62. The summed E-state index contributed by atoms with van der Waals surface area (Å²) in [6.07, 6.45) is 8.26. The third-order valence-electron chi connectivity index (χ3n) is 8.43. The van der Waals surface area contributed by atoms with Crippen molar-refractivity contribution in [3.05, 3.63) is 24.8 Å². The second-order valence-corrected chi connectivity index (χ2v) is 9.40. The van der Waals surface area contributed by atoms with Gasteiger partial charge in [0.1, 0.15) is 5.78 Å². The molecule has 3 fully saturated rings. The second kappa shape index (κ2) is 6.74. The summed E-state index contributed by atoms with van der Waals surface area (Å²) in [5.74, 6) is 1.95. The normalized spacial score (nSPS) is 46.8.